The van der Waals surface area contributed by atoms with Crippen molar-refractivity contribution in [2.24, 2.45) is 5.10 Å². The van der Waals surface area contributed by atoms with E-state index in [1.54, 1.807) is 55.5 Å². The summed E-state index contributed by atoms with van der Waals surface area (Å²) in [6.07, 6.45) is 0.232. The van der Waals surface area contributed by atoms with Gasteiger partial charge in [0.2, 0.25) is 0 Å². The Morgan fingerprint density at radius 2 is 1.92 bits per heavy atom. The Kier molecular flexibility index (Phi) is 4.30. The van der Waals surface area contributed by atoms with Crippen molar-refractivity contribution in [2.75, 3.05) is 7.11 Å². The van der Waals surface area contributed by atoms with E-state index in [0.29, 0.717) is 27.6 Å². The van der Waals surface area contributed by atoms with Crippen molar-refractivity contribution in [1.29, 1.82) is 0 Å². The third kappa shape index (κ3) is 2.77. The number of hydrogen-bond acceptors (Lipinski definition) is 4. The van der Waals surface area contributed by atoms with E-state index in [1.165, 1.54) is 7.11 Å². The fourth-order valence-electron chi connectivity index (χ4n) is 2.81. The molecule has 24 heavy (non-hydrogen) atoms. The highest BCUT2D eigenvalue weighted by molar-refractivity contribution is 6.30. The Bertz CT molecular complexity index is 804. The molecule has 124 valence electrons. The van der Waals surface area contributed by atoms with Gasteiger partial charge in [-0.25, -0.2) is 0 Å². The molecule has 1 amide bonds. The topological polar surface area (TPSA) is 62.1 Å². The van der Waals surface area contributed by atoms with E-state index in [4.69, 9.17) is 16.3 Å². The van der Waals surface area contributed by atoms with Crippen LogP contribution in [0, 0.1) is 0 Å². The van der Waals surface area contributed by atoms with Gasteiger partial charge in [0.15, 0.2) is 5.72 Å². The van der Waals surface area contributed by atoms with Crippen LogP contribution in [0.1, 0.15) is 29.3 Å². The molecule has 0 bridgehead atoms. The number of carbonyl (C=O) groups excluding carboxylic acids is 1. The number of nitrogens with zero attached hydrogens (tertiary/aromatic N) is 2. The maximum absolute atomic E-state index is 13.0. The van der Waals surface area contributed by atoms with Crippen LogP contribution in [0.15, 0.2) is 53.6 Å². The normalized spacial score (nSPS) is 20.0. The molecule has 0 spiro atoms. The number of hydrogen-bond donors (Lipinski definition) is 1. The molecule has 1 unspecified atom stereocenters. The molecule has 0 aromatic heterocycles. The summed E-state index contributed by atoms with van der Waals surface area (Å²) in [6, 6.07) is 13.6. The number of para-hydroxylation sites is 1. The maximum atomic E-state index is 13.0. The summed E-state index contributed by atoms with van der Waals surface area (Å²) in [5.74, 6) is 0.00228. The first-order valence-electron chi connectivity index (χ1n) is 7.46. The molecule has 1 heterocycles. The molecule has 1 aliphatic rings. The van der Waals surface area contributed by atoms with Crippen molar-refractivity contribution in [3.8, 4) is 5.75 Å². The van der Waals surface area contributed by atoms with Gasteiger partial charge in [-0.1, -0.05) is 35.9 Å². The van der Waals surface area contributed by atoms with Crippen LogP contribution in [-0.4, -0.2) is 28.8 Å². The molecule has 1 atom stereocenters. The van der Waals surface area contributed by atoms with E-state index in [0.717, 1.165) is 5.01 Å². The molecule has 2 aromatic carbocycles. The lowest BCUT2D eigenvalue weighted by atomic mass is 9.97. The molecule has 6 heteroatoms. The average Bonchev–Trinajstić information content (AvgIpc) is 2.90. The van der Waals surface area contributed by atoms with Crippen molar-refractivity contribution < 1.29 is 14.6 Å². The lowest BCUT2D eigenvalue weighted by molar-refractivity contribution is -0.0766. The monoisotopic (exact) mass is 344 g/mol. The number of amides is 1. The van der Waals surface area contributed by atoms with Crippen LogP contribution in [-0.2, 0) is 5.72 Å². The Labute approximate surface area is 145 Å². The summed E-state index contributed by atoms with van der Waals surface area (Å²) in [5, 5.41) is 17.1. The Morgan fingerprint density at radius 3 is 2.58 bits per heavy atom. The summed E-state index contributed by atoms with van der Waals surface area (Å²) in [7, 11) is 1.50. The largest absolute Gasteiger partial charge is 0.496 e. The minimum absolute atomic E-state index is 0.232. The fraction of sp³-hybridized carbons (Fsp3) is 0.222. The smallest absolute Gasteiger partial charge is 0.280 e. The molecule has 5 nitrogen and oxygen atoms in total. The average molecular weight is 345 g/mol. The van der Waals surface area contributed by atoms with Crippen molar-refractivity contribution in [3.05, 3.63) is 64.7 Å². The highest BCUT2D eigenvalue weighted by Crippen LogP contribution is 2.37. The van der Waals surface area contributed by atoms with E-state index in [2.05, 4.69) is 5.10 Å². The highest BCUT2D eigenvalue weighted by Gasteiger charge is 2.45. The molecular weight excluding hydrogens is 328 g/mol. The summed E-state index contributed by atoms with van der Waals surface area (Å²) in [5.41, 5.74) is 0.00404. The van der Waals surface area contributed by atoms with Gasteiger partial charge in [0.25, 0.3) is 5.91 Å². The zero-order chi connectivity index (χ0) is 17.3. The minimum atomic E-state index is -1.55. The molecule has 0 saturated carbocycles. The molecule has 1 aliphatic heterocycles. The molecule has 0 aliphatic carbocycles. The van der Waals surface area contributed by atoms with E-state index in [9.17, 15) is 9.90 Å². The summed E-state index contributed by atoms with van der Waals surface area (Å²) in [4.78, 5) is 13.0. The number of halogens is 1. The molecule has 2 aromatic rings. The molecule has 0 radical (unpaired) electrons. The van der Waals surface area contributed by atoms with Crippen LogP contribution in [0.4, 0.5) is 0 Å². The zero-order valence-electron chi connectivity index (χ0n) is 13.4. The standard InChI is InChI=1S/C18H17ClN2O3/c1-12-11-18(23,13-7-9-14(19)10-8-13)21(20-12)17(22)15-5-3-4-6-16(15)24-2/h3-10,23H,11H2,1-2H3. The first-order chi connectivity index (χ1) is 11.5. The summed E-state index contributed by atoms with van der Waals surface area (Å²) in [6.45, 7) is 1.77. The van der Waals surface area contributed by atoms with E-state index < -0.39 is 11.6 Å². The number of rotatable bonds is 3. The van der Waals surface area contributed by atoms with E-state index in [1.807, 2.05) is 0 Å². The number of carbonyl (C=O) groups is 1. The second kappa shape index (κ2) is 6.26. The van der Waals surface area contributed by atoms with Gasteiger partial charge >= 0.3 is 0 Å². The highest BCUT2D eigenvalue weighted by atomic mass is 35.5. The quantitative estimate of drug-likeness (QED) is 0.928. The molecular formula is C18H17ClN2O3. The predicted octanol–water partition coefficient (Wildman–Crippen LogP) is 3.42. The van der Waals surface area contributed by atoms with Gasteiger partial charge in [-0.2, -0.15) is 10.1 Å². The summed E-state index contributed by atoms with van der Waals surface area (Å²) < 4.78 is 5.25. The van der Waals surface area contributed by atoms with Gasteiger partial charge in [-0.3, -0.25) is 4.79 Å². The SMILES string of the molecule is COc1ccccc1C(=O)N1N=C(C)CC1(O)c1ccc(Cl)cc1. The number of aliphatic hydroxyl groups is 1. The number of benzene rings is 2. The molecule has 3 rings (SSSR count). The number of hydrazone groups is 1. The van der Waals surface area contributed by atoms with Crippen LogP contribution in [0.5, 0.6) is 5.75 Å². The van der Waals surface area contributed by atoms with Gasteiger partial charge < -0.3 is 9.84 Å². The van der Waals surface area contributed by atoms with E-state index in [-0.39, 0.29) is 6.42 Å². The lowest BCUT2D eigenvalue weighted by Gasteiger charge is -2.31. The van der Waals surface area contributed by atoms with E-state index >= 15 is 0 Å². The third-order valence-corrected chi connectivity index (χ3v) is 4.21. The Hall–Kier alpha value is -2.37. The number of ether oxygens (including phenoxy) is 1. The van der Waals surface area contributed by atoms with Crippen molar-refractivity contribution >= 4 is 23.2 Å². The fourth-order valence-corrected chi connectivity index (χ4v) is 2.94. The van der Waals surface area contributed by atoms with Gasteiger partial charge in [0.05, 0.1) is 12.7 Å². The Balaban J connectivity index is 2.04. The maximum Gasteiger partial charge on any atom is 0.280 e. The van der Waals surface area contributed by atoms with Crippen molar-refractivity contribution in [3.63, 3.8) is 0 Å². The Morgan fingerprint density at radius 1 is 1.25 bits per heavy atom. The molecule has 1 N–H and O–H groups in total. The van der Waals surface area contributed by atoms with Crippen LogP contribution in [0.2, 0.25) is 5.02 Å². The second-order valence-electron chi connectivity index (χ2n) is 5.65. The zero-order valence-corrected chi connectivity index (χ0v) is 14.1. The number of methoxy groups -OCH3 is 1. The predicted molar refractivity (Wildman–Crippen MR) is 92.2 cm³/mol. The van der Waals surface area contributed by atoms with Crippen LogP contribution >= 0.6 is 11.6 Å². The van der Waals surface area contributed by atoms with Crippen LogP contribution in [0.25, 0.3) is 0 Å². The first kappa shape index (κ1) is 16.5. The van der Waals surface area contributed by atoms with Gasteiger partial charge in [0.1, 0.15) is 5.75 Å². The van der Waals surface area contributed by atoms with Crippen molar-refractivity contribution in [2.45, 2.75) is 19.1 Å². The molecule has 0 fully saturated rings. The summed E-state index contributed by atoms with van der Waals surface area (Å²) >= 11 is 5.92. The first-order valence-corrected chi connectivity index (χ1v) is 7.83. The third-order valence-electron chi connectivity index (χ3n) is 3.96. The minimum Gasteiger partial charge on any atom is -0.496 e. The van der Waals surface area contributed by atoms with Crippen molar-refractivity contribution in [1.82, 2.24) is 5.01 Å². The van der Waals surface area contributed by atoms with Crippen LogP contribution in [0.3, 0.4) is 0 Å². The van der Waals surface area contributed by atoms with Gasteiger partial charge in [-0.05, 0) is 31.2 Å². The molecule has 0 saturated heterocycles. The van der Waals surface area contributed by atoms with Gasteiger partial charge in [-0.15, -0.1) is 0 Å². The lowest BCUT2D eigenvalue weighted by Crippen LogP contribution is -2.43. The van der Waals surface area contributed by atoms with Gasteiger partial charge in [0, 0.05) is 22.7 Å². The second-order valence-corrected chi connectivity index (χ2v) is 6.09. The van der Waals surface area contributed by atoms with Crippen LogP contribution < -0.4 is 4.74 Å².